The highest BCUT2D eigenvalue weighted by Gasteiger charge is 1.91. The molecule has 0 bridgehead atoms. The SMILES string of the molecule is Clc1cccnc1Cl.O=C(Cl)Cl. The first-order valence-corrected chi connectivity index (χ1v) is 4.16. The molecule has 0 N–H and O–H groups in total. The molecule has 0 amide bonds. The zero-order valence-corrected chi connectivity index (χ0v) is 8.62. The molecular formula is C6H3Cl4NO. The summed E-state index contributed by atoms with van der Waals surface area (Å²) >= 11 is 19.8. The summed E-state index contributed by atoms with van der Waals surface area (Å²) < 4.78 is -0.889. The molecule has 1 aromatic rings. The maximum absolute atomic E-state index is 8.98. The van der Waals surface area contributed by atoms with E-state index in [2.05, 4.69) is 28.2 Å². The van der Waals surface area contributed by atoms with E-state index in [4.69, 9.17) is 28.0 Å². The zero-order chi connectivity index (χ0) is 9.56. The summed E-state index contributed by atoms with van der Waals surface area (Å²) in [5.41, 5.74) is 0. The lowest BCUT2D eigenvalue weighted by atomic mass is 10.5. The van der Waals surface area contributed by atoms with Crippen molar-refractivity contribution in [2.45, 2.75) is 0 Å². The molecule has 0 aliphatic rings. The predicted octanol–water partition coefficient (Wildman–Crippen LogP) is 3.97. The number of carbonyl (C=O) groups excluding carboxylic acids is 1. The monoisotopic (exact) mass is 245 g/mol. The van der Waals surface area contributed by atoms with Gasteiger partial charge in [-0.05, 0) is 35.3 Å². The number of aromatic nitrogens is 1. The van der Waals surface area contributed by atoms with Crippen LogP contribution < -0.4 is 0 Å². The third-order valence-corrected chi connectivity index (χ3v) is 1.42. The number of hydrogen-bond acceptors (Lipinski definition) is 2. The second-order valence-electron chi connectivity index (χ2n) is 1.50. The van der Waals surface area contributed by atoms with Crippen molar-refractivity contribution in [3.05, 3.63) is 28.5 Å². The van der Waals surface area contributed by atoms with Gasteiger partial charge in [0, 0.05) is 6.20 Å². The van der Waals surface area contributed by atoms with E-state index in [0.29, 0.717) is 10.2 Å². The van der Waals surface area contributed by atoms with E-state index >= 15 is 0 Å². The molecule has 0 aliphatic heterocycles. The average Bonchev–Trinajstić information content (AvgIpc) is 1.94. The molecule has 0 spiro atoms. The fourth-order valence-electron chi connectivity index (χ4n) is 0.366. The first-order valence-electron chi connectivity index (χ1n) is 2.65. The number of hydrogen-bond donors (Lipinski definition) is 0. The van der Waals surface area contributed by atoms with Crippen LogP contribution in [0.3, 0.4) is 0 Å². The van der Waals surface area contributed by atoms with Crippen LogP contribution in [-0.4, -0.2) is 9.69 Å². The largest absolute Gasteiger partial charge is 0.313 e. The lowest BCUT2D eigenvalue weighted by Gasteiger charge is -1.87. The van der Waals surface area contributed by atoms with E-state index in [0.717, 1.165) is 0 Å². The molecule has 0 saturated carbocycles. The highest BCUT2D eigenvalue weighted by atomic mass is 35.5. The fourth-order valence-corrected chi connectivity index (χ4v) is 0.607. The van der Waals surface area contributed by atoms with Crippen molar-refractivity contribution in [1.82, 2.24) is 4.98 Å². The van der Waals surface area contributed by atoms with Gasteiger partial charge in [0.25, 0.3) is 0 Å². The van der Waals surface area contributed by atoms with Gasteiger partial charge >= 0.3 is 4.70 Å². The van der Waals surface area contributed by atoms with Crippen molar-refractivity contribution in [3.63, 3.8) is 0 Å². The minimum absolute atomic E-state index is 0.356. The summed E-state index contributed by atoms with van der Waals surface area (Å²) in [7, 11) is 0. The average molecular weight is 247 g/mol. The van der Waals surface area contributed by atoms with E-state index < -0.39 is 4.70 Å². The van der Waals surface area contributed by atoms with Crippen molar-refractivity contribution in [3.8, 4) is 0 Å². The third-order valence-electron chi connectivity index (χ3n) is 0.714. The minimum atomic E-state index is -0.889. The zero-order valence-electron chi connectivity index (χ0n) is 5.60. The van der Waals surface area contributed by atoms with Crippen molar-refractivity contribution >= 4 is 51.1 Å². The van der Waals surface area contributed by atoms with Crippen LogP contribution in [0.25, 0.3) is 0 Å². The van der Waals surface area contributed by atoms with Crippen LogP contribution in [0.2, 0.25) is 10.2 Å². The van der Waals surface area contributed by atoms with Crippen molar-refractivity contribution in [2.24, 2.45) is 0 Å². The number of pyridine rings is 1. The first-order chi connectivity index (χ1) is 5.54. The molecule has 1 rings (SSSR count). The molecule has 12 heavy (non-hydrogen) atoms. The molecule has 1 heterocycles. The highest BCUT2D eigenvalue weighted by molar-refractivity contribution is 6.93. The first kappa shape index (κ1) is 12.0. The lowest BCUT2D eigenvalue weighted by molar-refractivity contribution is 0.275. The Bertz CT molecular complexity index is 240. The molecule has 0 aliphatic carbocycles. The Morgan fingerprint density at radius 1 is 1.33 bits per heavy atom. The molecule has 0 fully saturated rings. The molecule has 0 aromatic carbocycles. The maximum atomic E-state index is 8.98. The smallest absolute Gasteiger partial charge is 0.262 e. The van der Waals surface area contributed by atoms with Crippen LogP contribution in [-0.2, 0) is 0 Å². The Labute approximate surface area is 89.4 Å². The van der Waals surface area contributed by atoms with Crippen LogP contribution in [0, 0.1) is 0 Å². The summed E-state index contributed by atoms with van der Waals surface area (Å²) in [4.78, 5) is 12.7. The molecule has 0 radical (unpaired) electrons. The van der Waals surface area contributed by atoms with Crippen LogP contribution in [0.4, 0.5) is 4.79 Å². The number of rotatable bonds is 0. The number of carbonyl (C=O) groups is 1. The van der Waals surface area contributed by atoms with Gasteiger partial charge in [0.2, 0.25) is 0 Å². The van der Waals surface area contributed by atoms with Gasteiger partial charge in [-0.1, -0.05) is 23.2 Å². The maximum Gasteiger partial charge on any atom is 0.313 e. The van der Waals surface area contributed by atoms with Gasteiger partial charge in [-0.3, -0.25) is 4.79 Å². The fraction of sp³-hybridized carbons (Fsp3) is 0. The van der Waals surface area contributed by atoms with Gasteiger partial charge in [-0.25, -0.2) is 4.98 Å². The molecule has 66 valence electrons. The van der Waals surface area contributed by atoms with E-state index in [-0.39, 0.29) is 0 Å². The van der Waals surface area contributed by atoms with E-state index in [1.165, 1.54) is 0 Å². The standard InChI is InChI=1S/C5H3Cl2N.CCl2O/c6-4-2-1-3-8-5(4)7;2-1(3)4/h1-3H;. The van der Waals surface area contributed by atoms with Crippen LogP contribution in [0.5, 0.6) is 0 Å². The van der Waals surface area contributed by atoms with Crippen LogP contribution in [0.15, 0.2) is 18.3 Å². The molecule has 1 aromatic heterocycles. The summed E-state index contributed by atoms with van der Waals surface area (Å²) in [6.07, 6.45) is 1.59. The van der Waals surface area contributed by atoms with Crippen LogP contribution >= 0.6 is 46.4 Å². The van der Waals surface area contributed by atoms with E-state index in [1.54, 1.807) is 18.3 Å². The predicted molar refractivity (Wildman–Crippen MR) is 51.4 cm³/mol. The van der Waals surface area contributed by atoms with Gasteiger partial charge in [0.1, 0.15) is 5.15 Å². The Morgan fingerprint density at radius 3 is 2.08 bits per heavy atom. The van der Waals surface area contributed by atoms with Crippen LogP contribution in [0.1, 0.15) is 0 Å². The van der Waals surface area contributed by atoms with E-state index in [1.807, 2.05) is 0 Å². The molecule has 2 nitrogen and oxygen atoms in total. The second-order valence-corrected chi connectivity index (χ2v) is 3.15. The third kappa shape index (κ3) is 6.68. The van der Waals surface area contributed by atoms with Gasteiger partial charge in [-0.2, -0.15) is 0 Å². The Kier molecular flexibility index (Phi) is 6.48. The normalized spacial score (nSPS) is 8.33. The number of halogens is 4. The summed E-state index contributed by atoms with van der Waals surface area (Å²) in [6, 6.07) is 3.42. The Morgan fingerprint density at radius 2 is 1.83 bits per heavy atom. The van der Waals surface area contributed by atoms with Gasteiger partial charge in [0.15, 0.2) is 0 Å². The van der Waals surface area contributed by atoms with Crippen molar-refractivity contribution < 1.29 is 4.79 Å². The summed E-state index contributed by atoms with van der Waals surface area (Å²) in [5.74, 6) is 0. The quantitative estimate of drug-likeness (QED) is 0.512. The molecule has 0 atom stereocenters. The van der Waals surface area contributed by atoms with Crippen molar-refractivity contribution in [1.29, 1.82) is 0 Å². The Balaban J connectivity index is 0.000000261. The molecular weight excluding hydrogens is 244 g/mol. The highest BCUT2D eigenvalue weighted by Crippen LogP contribution is 2.16. The molecule has 0 unspecified atom stereocenters. The number of nitrogens with zero attached hydrogens (tertiary/aromatic N) is 1. The topological polar surface area (TPSA) is 30.0 Å². The Hall–Kier alpha value is -0.0200. The van der Waals surface area contributed by atoms with Gasteiger partial charge in [-0.15, -0.1) is 0 Å². The lowest BCUT2D eigenvalue weighted by Crippen LogP contribution is -1.70. The summed E-state index contributed by atoms with van der Waals surface area (Å²) in [5, 5.41) is 0.850. The van der Waals surface area contributed by atoms with E-state index in [9.17, 15) is 0 Å². The van der Waals surface area contributed by atoms with Crippen molar-refractivity contribution in [2.75, 3.05) is 0 Å². The molecule has 6 heteroatoms. The second kappa shape index (κ2) is 6.49. The summed E-state index contributed by atoms with van der Waals surface area (Å²) in [6.45, 7) is 0. The minimum Gasteiger partial charge on any atom is -0.262 e. The van der Waals surface area contributed by atoms with Gasteiger partial charge < -0.3 is 0 Å². The molecule has 0 saturated heterocycles. The van der Waals surface area contributed by atoms with Gasteiger partial charge in [0.05, 0.1) is 5.02 Å².